The Bertz CT molecular complexity index is 329. The van der Waals surface area contributed by atoms with Gasteiger partial charge in [0.15, 0.2) is 0 Å². The number of carbonyl (C=O) groups excluding carboxylic acids is 2. The molecule has 1 atom stereocenters. The Hall–Kier alpha value is -1.59. The number of amides is 2. The molecule has 1 aliphatic rings. The third-order valence-corrected chi connectivity index (χ3v) is 2.93. The molecule has 6 heteroatoms. The largest absolute Gasteiger partial charge is 0.481 e. The summed E-state index contributed by atoms with van der Waals surface area (Å²) in [5.41, 5.74) is 0. The van der Waals surface area contributed by atoms with Crippen LogP contribution in [0.2, 0.25) is 0 Å². The van der Waals surface area contributed by atoms with Crippen LogP contribution in [-0.4, -0.2) is 59.9 Å². The Balaban J connectivity index is 2.34. The third kappa shape index (κ3) is 4.05. The lowest BCUT2D eigenvalue weighted by Gasteiger charge is -2.20. The standard InChI is InChI=1S/C11H18N2O4/c1-12(9(14)3-4-11(16)17)6-8-5-10(15)13(2)7-8/h8H,3-7H2,1-2H3,(H,16,17). The molecule has 6 nitrogen and oxygen atoms in total. The van der Waals surface area contributed by atoms with Gasteiger partial charge in [-0.2, -0.15) is 0 Å². The monoisotopic (exact) mass is 242 g/mol. The van der Waals surface area contributed by atoms with Gasteiger partial charge in [-0.25, -0.2) is 0 Å². The van der Waals surface area contributed by atoms with E-state index in [0.29, 0.717) is 19.5 Å². The zero-order valence-electron chi connectivity index (χ0n) is 10.2. The number of carboxylic acid groups (broad SMARTS) is 1. The molecule has 0 aromatic heterocycles. The number of likely N-dealkylation sites (tertiary alicyclic amines) is 1. The topological polar surface area (TPSA) is 77.9 Å². The second kappa shape index (κ2) is 5.65. The van der Waals surface area contributed by atoms with Crippen molar-refractivity contribution in [2.45, 2.75) is 19.3 Å². The molecule has 0 aromatic rings. The van der Waals surface area contributed by atoms with Crippen molar-refractivity contribution >= 4 is 17.8 Å². The zero-order valence-corrected chi connectivity index (χ0v) is 10.2. The molecule has 0 bridgehead atoms. The van der Waals surface area contributed by atoms with Crippen LogP contribution in [0.5, 0.6) is 0 Å². The van der Waals surface area contributed by atoms with Crippen LogP contribution in [-0.2, 0) is 14.4 Å². The lowest BCUT2D eigenvalue weighted by atomic mass is 10.1. The Morgan fingerprint density at radius 2 is 2.12 bits per heavy atom. The normalized spacial score (nSPS) is 19.5. The number of nitrogens with zero attached hydrogens (tertiary/aromatic N) is 2. The van der Waals surface area contributed by atoms with E-state index < -0.39 is 5.97 Å². The number of carbonyl (C=O) groups is 3. The van der Waals surface area contributed by atoms with Crippen LogP contribution in [0, 0.1) is 5.92 Å². The van der Waals surface area contributed by atoms with E-state index in [1.165, 1.54) is 4.90 Å². The molecule has 1 N–H and O–H groups in total. The second-order valence-corrected chi connectivity index (χ2v) is 4.51. The quantitative estimate of drug-likeness (QED) is 0.723. The molecular formula is C11H18N2O4. The average Bonchev–Trinajstić information content (AvgIpc) is 2.54. The first-order chi connectivity index (χ1) is 7.90. The van der Waals surface area contributed by atoms with Crippen LogP contribution >= 0.6 is 0 Å². The van der Waals surface area contributed by atoms with Gasteiger partial charge in [-0.3, -0.25) is 14.4 Å². The maximum absolute atomic E-state index is 11.6. The molecule has 0 aliphatic carbocycles. The molecule has 1 unspecified atom stereocenters. The van der Waals surface area contributed by atoms with Gasteiger partial charge in [0, 0.05) is 45.9 Å². The third-order valence-electron chi connectivity index (χ3n) is 2.93. The van der Waals surface area contributed by atoms with Gasteiger partial charge in [0.2, 0.25) is 11.8 Å². The highest BCUT2D eigenvalue weighted by Crippen LogP contribution is 2.17. The van der Waals surface area contributed by atoms with Crippen molar-refractivity contribution in [3.05, 3.63) is 0 Å². The summed E-state index contributed by atoms with van der Waals surface area (Å²) in [5, 5.41) is 8.48. The molecule has 0 radical (unpaired) electrons. The Morgan fingerprint density at radius 3 is 2.59 bits per heavy atom. The van der Waals surface area contributed by atoms with Crippen molar-refractivity contribution < 1.29 is 19.5 Å². The number of hydrogen-bond donors (Lipinski definition) is 1. The summed E-state index contributed by atoms with van der Waals surface area (Å²) in [6.45, 7) is 1.17. The van der Waals surface area contributed by atoms with Crippen molar-refractivity contribution in [2.24, 2.45) is 5.92 Å². The maximum Gasteiger partial charge on any atom is 0.303 e. The molecule has 96 valence electrons. The van der Waals surface area contributed by atoms with E-state index in [9.17, 15) is 14.4 Å². The van der Waals surface area contributed by atoms with Gasteiger partial charge in [0.25, 0.3) is 0 Å². The number of aliphatic carboxylic acids is 1. The fourth-order valence-corrected chi connectivity index (χ4v) is 1.97. The minimum atomic E-state index is -0.970. The van der Waals surface area contributed by atoms with Crippen LogP contribution in [0.3, 0.4) is 0 Å². The Kier molecular flexibility index (Phi) is 4.48. The van der Waals surface area contributed by atoms with Crippen molar-refractivity contribution in [2.75, 3.05) is 27.2 Å². The van der Waals surface area contributed by atoms with Gasteiger partial charge in [-0.05, 0) is 0 Å². The first kappa shape index (κ1) is 13.5. The predicted octanol–water partition coefficient (Wildman–Crippen LogP) is -0.212. The predicted molar refractivity (Wildman–Crippen MR) is 60.3 cm³/mol. The second-order valence-electron chi connectivity index (χ2n) is 4.51. The van der Waals surface area contributed by atoms with Crippen LogP contribution in [0.15, 0.2) is 0 Å². The Labute approximate surface area is 100 Å². The molecule has 0 saturated carbocycles. The highest BCUT2D eigenvalue weighted by atomic mass is 16.4. The van der Waals surface area contributed by atoms with Gasteiger partial charge in [-0.1, -0.05) is 0 Å². The van der Waals surface area contributed by atoms with Crippen LogP contribution in [0.1, 0.15) is 19.3 Å². The van der Waals surface area contributed by atoms with Gasteiger partial charge < -0.3 is 14.9 Å². The number of rotatable bonds is 5. The fraction of sp³-hybridized carbons (Fsp3) is 0.727. The van der Waals surface area contributed by atoms with Gasteiger partial charge in [-0.15, -0.1) is 0 Å². The smallest absolute Gasteiger partial charge is 0.303 e. The van der Waals surface area contributed by atoms with E-state index in [0.717, 1.165) is 0 Å². The summed E-state index contributed by atoms with van der Waals surface area (Å²) in [4.78, 5) is 36.4. The van der Waals surface area contributed by atoms with E-state index in [-0.39, 0.29) is 30.6 Å². The molecule has 1 aliphatic heterocycles. The van der Waals surface area contributed by atoms with Gasteiger partial charge >= 0.3 is 5.97 Å². The summed E-state index contributed by atoms with van der Waals surface area (Å²) in [6.07, 6.45) is 0.335. The van der Waals surface area contributed by atoms with Crippen molar-refractivity contribution in [1.29, 1.82) is 0 Å². The van der Waals surface area contributed by atoms with Crippen LogP contribution < -0.4 is 0 Å². The molecule has 1 fully saturated rings. The van der Waals surface area contributed by atoms with E-state index in [4.69, 9.17) is 5.11 Å². The van der Waals surface area contributed by atoms with E-state index in [2.05, 4.69) is 0 Å². The first-order valence-electron chi connectivity index (χ1n) is 5.60. The SMILES string of the molecule is CN(CC1CC(=O)N(C)C1)C(=O)CCC(=O)O. The molecule has 1 heterocycles. The molecule has 1 saturated heterocycles. The summed E-state index contributed by atoms with van der Waals surface area (Å²) in [5.74, 6) is -0.899. The molecular weight excluding hydrogens is 224 g/mol. The van der Waals surface area contributed by atoms with Crippen LogP contribution in [0.25, 0.3) is 0 Å². The summed E-state index contributed by atoms with van der Waals surface area (Å²) in [6, 6.07) is 0. The zero-order chi connectivity index (χ0) is 13.0. The highest BCUT2D eigenvalue weighted by Gasteiger charge is 2.28. The summed E-state index contributed by atoms with van der Waals surface area (Å²) in [7, 11) is 3.39. The molecule has 0 aromatic carbocycles. The first-order valence-corrected chi connectivity index (χ1v) is 5.60. The highest BCUT2D eigenvalue weighted by molar-refractivity contribution is 5.81. The Morgan fingerprint density at radius 1 is 1.47 bits per heavy atom. The minimum absolute atomic E-state index is 0.0162. The summed E-state index contributed by atoms with van der Waals surface area (Å²) >= 11 is 0. The maximum atomic E-state index is 11.6. The lowest BCUT2D eigenvalue weighted by Crippen LogP contribution is -2.32. The van der Waals surface area contributed by atoms with Crippen molar-refractivity contribution in [1.82, 2.24) is 9.80 Å². The van der Waals surface area contributed by atoms with E-state index in [1.54, 1.807) is 19.0 Å². The van der Waals surface area contributed by atoms with E-state index >= 15 is 0 Å². The number of carboxylic acids is 1. The van der Waals surface area contributed by atoms with Crippen molar-refractivity contribution in [3.63, 3.8) is 0 Å². The molecule has 1 rings (SSSR count). The lowest BCUT2D eigenvalue weighted by molar-refractivity contribution is -0.140. The van der Waals surface area contributed by atoms with Gasteiger partial charge in [0.05, 0.1) is 6.42 Å². The molecule has 17 heavy (non-hydrogen) atoms. The average molecular weight is 242 g/mol. The fourth-order valence-electron chi connectivity index (χ4n) is 1.97. The van der Waals surface area contributed by atoms with Crippen molar-refractivity contribution in [3.8, 4) is 0 Å². The van der Waals surface area contributed by atoms with Crippen LogP contribution in [0.4, 0.5) is 0 Å². The molecule has 2 amide bonds. The van der Waals surface area contributed by atoms with Gasteiger partial charge in [0.1, 0.15) is 0 Å². The summed E-state index contributed by atoms with van der Waals surface area (Å²) < 4.78 is 0. The minimum Gasteiger partial charge on any atom is -0.481 e. The van der Waals surface area contributed by atoms with E-state index in [1.807, 2.05) is 0 Å². The number of hydrogen-bond acceptors (Lipinski definition) is 3. The molecule has 0 spiro atoms.